The standard InChI is InChI=1S/C30H40FN5O/c1-4-35(20(2)3)30(37)28-15-24(31)7-10-27(28)29-14-23(13-26-16-33-19-36(26)29)22-11-12-34(18-22)17-21-5-8-25(32)9-6-21/h7,10,13-16,19-22,25H,4-6,8-9,11-12,17-18,32H2,1-3H3. The highest BCUT2D eigenvalue weighted by Crippen LogP contribution is 2.35. The van der Waals surface area contributed by atoms with Crippen LogP contribution in [0.5, 0.6) is 0 Å². The van der Waals surface area contributed by atoms with Gasteiger partial charge in [-0.3, -0.25) is 9.20 Å². The van der Waals surface area contributed by atoms with Crippen molar-refractivity contribution in [3.8, 4) is 11.3 Å². The SMILES string of the molecule is CCN(C(=O)c1cc(F)ccc1-c1cc(C2CCN(CC3CCC(N)CC3)C2)cc2cncn12)C(C)C. The quantitative estimate of drug-likeness (QED) is 0.472. The summed E-state index contributed by atoms with van der Waals surface area (Å²) in [5, 5.41) is 0. The number of halogens is 1. The van der Waals surface area contributed by atoms with Gasteiger partial charge in [0, 0.05) is 37.3 Å². The Morgan fingerprint density at radius 2 is 1.95 bits per heavy atom. The number of fused-ring (bicyclic) bond motifs is 1. The largest absolute Gasteiger partial charge is 0.336 e. The number of hydrogen-bond donors (Lipinski definition) is 1. The molecule has 198 valence electrons. The van der Waals surface area contributed by atoms with Gasteiger partial charge in [-0.1, -0.05) is 0 Å². The Balaban J connectivity index is 1.46. The predicted molar refractivity (Wildman–Crippen MR) is 146 cm³/mol. The summed E-state index contributed by atoms with van der Waals surface area (Å²) in [6.07, 6.45) is 9.52. The predicted octanol–water partition coefficient (Wildman–Crippen LogP) is 5.32. The van der Waals surface area contributed by atoms with Crippen LogP contribution in [0.3, 0.4) is 0 Å². The molecule has 7 heteroatoms. The average Bonchev–Trinajstić information content (AvgIpc) is 3.55. The number of likely N-dealkylation sites (tertiary alicyclic amines) is 1. The monoisotopic (exact) mass is 505 g/mol. The molecule has 2 N–H and O–H groups in total. The van der Waals surface area contributed by atoms with Gasteiger partial charge in [0.25, 0.3) is 5.91 Å². The van der Waals surface area contributed by atoms with E-state index in [0.717, 1.165) is 61.6 Å². The highest BCUT2D eigenvalue weighted by Gasteiger charge is 2.29. The molecular weight excluding hydrogens is 465 g/mol. The first kappa shape index (κ1) is 25.9. The molecule has 1 unspecified atom stereocenters. The number of carbonyl (C=O) groups is 1. The molecule has 1 saturated heterocycles. The summed E-state index contributed by atoms with van der Waals surface area (Å²) >= 11 is 0. The smallest absolute Gasteiger partial charge is 0.254 e. The Bertz CT molecular complexity index is 1250. The van der Waals surface area contributed by atoms with Crippen LogP contribution in [-0.4, -0.2) is 63.4 Å². The lowest BCUT2D eigenvalue weighted by atomic mass is 9.86. The minimum atomic E-state index is -0.403. The van der Waals surface area contributed by atoms with Crippen molar-refractivity contribution in [2.24, 2.45) is 11.7 Å². The van der Waals surface area contributed by atoms with Crippen LogP contribution in [-0.2, 0) is 0 Å². The number of rotatable bonds is 7. The minimum absolute atomic E-state index is 0.0255. The van der Waals surface area contributed by atoms with Gasteiger partial charge in [0.2, 0.25) is 0 Å². The third kappa shape index (κ3) is 5.43. The maximum atomic E-state index is 14.4. The number of benzene rings is 1. The number of aromatic nitrogens is 2. The fourth-order valence-corrected chi connectivity index (χ4v) is 6.32. The number of carbonyl (C=O) groups excluding carboxylic acids is 1. The number of pyridine rings is 1. The molecule has 3 aromatic rings. The molecule has 37 heavy (non-hydrogen) atoms. The third-order valence-electron chi connectivity index (χ3n) is 8.41. The van der Waals surface area contributed by atoms with Gasteiger partial charge in [-0.15, -0.1) is 0 Å². The Morgan fingerprint density at radius 3 is 2.68 bits per heavy atom. The lowest BCUT2D eigenvalue weighted by molar-refractivity contribution is 0.0717. The van der Waals surface area contributed by atoms with Gasteiger partial charge in [-0.25, -0.2) is 9.37 Å². The van der Waals surface area contributed by atoms with Crippen molar-refractivity contribution in [3.05, 3.63) is 59.8 Å². The number of nitrogens with zero attached hydrogens (tertiary/aromatic N) is 4. The van der Waals surface area contributed by atoms with Crippen LogP contribution >= 0.6 is 0 Å². The van der Waals surface area contributed by atoms with Crippen LogP contribution in [0.1, 0.15) is 74.7 Å². The van der Waals surface area contributed by atoms with E-state index in [4.69, 9.17) is 5.73 Å². The molecule has 1 atom stereocenters. The van der Waals surface area contributed by atoms with E-state index in [9.17, 15) is 9.18 Å². The van der Waals surface area contributed by atoms with Crippen LogP contribution in [0.15, 0.2) is 42.9 Å². The Morgan fingerprint density at radius 1 is 1.16 bits per heavy atom. The topological polar surface area (TPSA) is 66.9 Å². The zero-order chi connectivity index (χ0) is 26.1. The van der Waals surface area contributed by atoms with E-state index in [1.165, 1.54) is 30.5 Å². The van der Waals surface area contributed by atoms with E-state index in [1.807, 2.05) is 31.4 Å². The van der Waals surface area contributed by atoms with Gasteiger partial charge in [0.1, 0.15) is 5.82 Å². The summed E-state index contributed by atoms with van der Waals surface area (Å²) in [5.74, 6) is 0.624. The first-order chi connectivity index (χ1) is 17.8. The number of hydrogen-bond acceptors (Lipinski definition) is 4. The summed E-state index contributed by atoms with van der Waals surface area (Å²) in [5.41, 5.74) is 10.4. The van der Waals surface area contributed by atoms with Crippen LogP contribution in [0.2, 0.25) is 0 Å². The highest BCUT2D eigenvalue weighted by molar-refractivity contribution is 6.01. The van der Waals surface area contributed by atoms with Gasteiger partial charge in [0.15, 0.2) is 0 Å². The number of nitrogens with two attached hydrogens (primary N) is 1. The Kier molecular flexibility index (Phi) is 7.63. The third-order valence-corrected chi connectivity index (χ3v) is 8.41. The molecule has 6 nitrogen and oxygen atoms in total. The van der Waals surface area contributed by atoms with E-state index in [1.54, 1.807) is 17.3 Å². The van der Waals surface area contributed by atoms with E-state index >= 15 is 0 Å². The van der Waals surface area contributed by atoms with Crippen LogP contribution < -0.4 is 5.73 Å². The van der Waals surface area contributed by atoms with Crippen molar-refractivity contribution in [2.75, 3.05) is 26.2 Å². The van der Waals surface area contributed by atoms with E-state index < -0.39 is 5.82 Å². The molecule has 1 amide bonds. The summed E-state index contributed by atoms with van der Waals surface area (Å²) in [4.78, 5) is 22.3. The first-order valence-electron chi connectivity index (χ1n) is 13.9. The molecule has 2 aliphatic rings. The Hall–Kier alpha value is -2.77. The van der Waals surface area contributed by atoms with Gasteiger partial charge >= 0.3 is 0 Å². The molecule has 2 aromatic heterocycles. The molecule has 1 aliphatic carbocycles. The Labute approximate surface area is 219 Å². The second-order valence-corrected chi connectivity index (χ2v) is 11.3. The fraction of sp³-hybridized carbons (Fsp3) is 0.533. The van der Waals surface area contributed by atoms with E-state index in [2.05, 4.69) is 22.0 Å². The van der Waals surface area contributed by atoms with Crippen molar-refractivity contribution in [1.29, 1.82) is 0 Å². The molecular formula is C30H40FN5O. The molecule has 3 heterocycles. The van der Waals surface area contributed by atoms with E-state index in [-0.39, 0.29) is 11.9 Å². The second kappa shape index (κ2) is 10.9. The van der Waals surface area contributed by atoms with Crippen molar-refractivity contribution in [2.45, 2.75) is 70.9 Å². The lowest BCUT2D eigenvalue weighted by Gasteiger charge is -2.29. The molecule has 0 radical (unpaired) electrons. The summed E-state index contributed by atoms with van der Waals surface area (Å²) in [6.45, 7) is 9.80. The molecule has 0 bridgehead atoms. The molecule has 1 saturated carbocycles. The van der Waals surface area contributed by atoms with E-state index in [0.29, 0.717) is 24.1 Å². The van der Waals surface area contributed by atoms with Crippen LogP contribution in [0.4, 0.5) is 4.39 Å². The van der Waals surface area contributed by atoms with Crippen LogP contribution in [0.25, 0.3) is 16.8 Å². The van der Waals surface area contributed by atoms with Gasteiger partial charge in [0.05, 0.1) is 29.3 Å². The van der Waals surface area contributed by atoms with Gasteiger partial charge in [-0.05, 0) is 107 Å². The lowest BCUT2D eigenvalue weighted by Crippen LogP contribution is -2.37. The van der Waals surface area contributed by atoms with Crippen LogP contribution in [0, 0.1) is 11.7 Å². The zero-order valence-corrected chi connectivity index (χ0v) is 22.4. The molecule has 1 aromatic carbocycles. The second-order valence-electron chi connectivity index (χ2n) is 11.3. The average molecular weight is 506 g/mol. The molecule has 1 aliphatic heterocycles. The zero-order valence-electron chi connectivity index (χ0n) is 22.4. The molecule has 0 spiro atoms. The maximum Gasteiger partial charge on any atom is 0.254 e. The summed E-state index contributed by atoms with van der Waals surface area (Å²) in [7, 11) is 0. The minimum Gasteiger partial charge on any atom is -0.336 e. The highest BCUT2D eigenvalue weighted by atomic mass is 19.1. The summed E-state index contributed by atoms with van der Waals surface area (Å²) in [6, 6.07) is 9.39. The number of imidazole rings is 1. The van der Waals surface area contributed by atoms with Crippen molar-refractivity contribution in [3.63, 3.8) is 0 Å². The van der Waals surface area contributed by atoms with Crippen molar-refractivity contribution in [1.82, 2.24) is 19.2 Å². The van der Waals surface area contributed by atoms with Gasteiger partial charge < -0.3 is 15.5 Å². The molecule has 5 rings (SSSR count). The molecule has 2 fully saturated rings. The summed E-state index contributed by atoms with van der Waals surface area (Å²) < 4.78 is 16.4. The maximum absolute atomic E-state index is 14.4. The van der Waals surface area contributed by atoms with Gasteiger partial charge in [-0.2, -0.15) is 0 Å². The first-order valence-corrected chi connectivity index (χ1v) is 13.9. The fourth-order valence-electron chi connectivity index (χ4n) is 6.32. The normalized spacial score (nSPS) is 22.7. The number of amides is 1. The van der Waals surface area contributed by atoms with Crippen molar-refractivity contribution >= 4 is 11.4 Å². The van der Waals surface area contributed by atoms with Crippen molar-refractivity contribution < 1.29 is 9.18 Å².